The zero-order valence-corrected chi connectivity index (χ0v) is 22.7. The lowest BCUT2D eigenvalue weighted by Gasteiger charge is -2.35. The van der Waals surface area contributed by atoms with Gasteiger partial charge in [-0.3, -0.25) is 4.79 Å². The molecule has 3 aromatic carbocycles. The number of aliphatic carboxylic acids is 1. The van der Waals surface area contributed by atoms with E-state index in [2.05, 4.69) is 17.4 Å². The summed E-state index contributed by atoms with van der Waals surface area (Å²) in [7, 11) is 0. The minimum absolute atomic E-state index is 0.0938. The molecule has 208 valence electrons. The number of carbonyl (C=O) groups excluding carboxylic acids is 2. The number of fused-ring (bicyclic) bond motifs is 3. The summed E-state index contributed by atoms with van der Waals surface area (Å²) < 4.78 is 11.7. The van der Waals surface area contributed by atoms with Crippen LogP contribution in [0.1, 0.15) is 49.3 Å². The number of hydrogen-bond donors (Lipinski definition) is 2. The highest BCUT2D eigenvalue weighted by Gasteiger charge is 2.48. The number of nitrogens with one attached hydrogen (secondary N) is 1. The van der Waals surface area contributed by atoms with Gasteiger partial charge in [0, 0.05) is 12.5 Å². The molecule has 0 radical (unpaired) electrons. The Balaban J connectivity index is 1.32. The van der Waals surface area contributed by atoms with E-state index in [1.54, 1.807) is 13.8 Å². The average Bonchev–Trinajstić information content (AvgIpc) is 3.52. The lowest BCUT2D eigenvalue weighted by atomic mass is 9.98. The van der Waals surface area contributed by atoms with E-state index in [-0.39, 0.29) is 25.7 Å². The van der Waals surface area contributed by atoms with Crippen molar-refractivity contribution in [2.75, 3.05) is 13.2 Å². The molecule has 2 aliphatic rings. The van der Waals surface area contributed by atoms with Crippen molar-refractivity contribution in [2.24, 2.45) is 0 Å². The number of nitrogens with zero attached hydrogens (tertiary/aromatic N) is 1. The quantitative estimate of drug-likeness (QED) is 0.396. The lowest BCUT2D eigenvalue weighted by Crippen LogP contribution is -2.60. The number of rotatable bonds is 9. The molecule has 1 aliphatic heterocycles. The van der Waals surface area contributed by atoms with Crippen LogP contribution in [0, 0.1) is 0 Å². The van der Waals surface area contributed by atoms with E-state index in [0.717, 1.165) is 27.8 Å². The summed E-state index contributed by atoms with van der Waals surface area (Å²) in [6, 6.07) is 24.5. The Labute approximate surface area is 233 Å². The topological polar surface area (TPSA) is 105 Å². The van der Waals surface area contributed by atoms with Crippen LogP contribution in [0.25, 0.3) is 11.1 Å². The molecule has 1 aliphatic carbocycles. The maximum absolute atomic E-state index is 13.8. The second-order valence-corrected chi connectivity index (χ2v) is 10.6. The van der Waals surface area contributed by atoms with Crippen LogP contribution in [0.5, 0.6) is 0 Å². The van der Waals surface area contributed by atoms with Gasteiger partial charge in [-0.2, -0.15) is 0 Å². The number of amides is 2. The van der Waals surface area contributed by atoms with Crippen LogP contribution in [-0.2, 0) is 25.7 Å². The van der Waals surface area contributed by atoms with Gasteiger partial charge in [0.1, 0.15) is 18.2 Å². The Bertz CT molecular complexity index is 1350. The zero-order chi connectivity index (χ0) is 28.3. The number of carboxylic acid groups (broad SMARTS) is 1. The first-order valence-electron chi connectivity index (χ1n) is 13.6. The number of hydrogen-bond acceptors (Lipinski definition) is 5. The third-order valence-electron chi connectivity index (χ3n) is 8.08. The molecule has 8 nitrogen and oxygen atoms in total. The summed E-state index contributed by atoms with van der Waals surface area (Å²) in [4.78, 5) is 40.3. The fourth-order valence-electron chi connectivity index (χ4n) is 5.75. The Morgan fingerprint density at radius 2 is 1.57 bits per heavy atom. The molecule has 2 amide bonds. The molecule has 3 unspecified atom stereocenters. The van der Waals surface area contributed by atoms with E-state index < -0.39 is 35.7 Å². The van der Waals surface area contributed by atoms with Crippen molar-refractivity contribution < 1.29 is 29.0 Å². The first-order chi connectivity index (χ1) is 19.3. The van der Waals surface area contributed by atoms with Crippen LogP contribution in [0.15, 0.2) is 78.9 Å². The third-order valence-corrected chi connectivity index (χ3v) is 8.08. The molecule has 1 fully saturated rings. The standard InChI is InChI=1S/C32H34N2O6/c1-21(39-19-22-11-4-3-5-12-22)28(29(35)34-18-10-17-32(34,2)30(36)37)33-31(38)40-20-27-25-15-8-6-13-23(25)24-14-7-9-16-26(24)27/h3-9,11-16,21,27-28H,10,17-20H2,1-2H3,(H,33,38)(H,36,37). The van der Waals surface area contributed by atoms with Crippen molar-refractivity contribution in [1.82, 2.24) is 10.2 Å². The van der Waals surface area contributed by atoms with E-state index in [4.69, 9.17) is 9.47 Å². The Morgan fingerprint density at radius 3 is 2.20 bits per heavy atom. The normalized spacial score (nSPS) is 19.4. The van der Waals surface area contributed by atoms with Crippen molar-refractivity contribution in [1.29, 1.82) is 0 Å². The maximum Gasteiger partial charge on any atom is 0.407 e. The molecule has 1 saturated heterocycles. The van der Waals surface area contributed by atoms with E-state index in [9.17, 15) is 19.5 Å². The molecule has 40 heavy (non-hydrogen) atoms. The second-order valence-electron chi connectivity index (χ2n) is 10.6. The SMILES string of the molecule is CC(OCc1ccccc1)C(NC(=O)OCC1c2ccccc2-c2ccccc21)C(=O)N1CCCC1(C)C(=O)O. The van der Waals surface area contributed by atoms with Crippen LogP contribution in [-0.4, -0.2) is 58.8 Å². The second kappa shape index (κ2) is 11.5. The lowest BCUT2D eigenvalue weighted by molar-refractivity contribution is -0.157. The van der Waals surface area contributed by atoms with Gasteiger partial charge >= 0.3 is 12.1 Å². The molecule has 0 saturated carbocycles. The number of alkyl carbamates (subject to hydrolysis) is 1. The van der Waals surface area contributed by atoms with Gasteiger partial charge in [-0.1, -0.05) is 78.9 Å². The molecule has 0 bridgehead atoms. The van der Waals surface area contributed by atoms with Crippen LogP contribution in [0.3, 0.4) is 0 Å². The smallest absolute Gasteiger partial charge is 0.407 e. The minimum Gasteiger partial charge on any atom is -0.480 e. The minimum atomic E-state index is -1.35. The molecule has 5 rings (SSSR count). The summed E-state index contributed by atoms with van der Waals surface area (Å²) in [6.45, 7) is 3.85. The van der Waals surface area contributed by atoms with E-state index in [0.29, 0.717) is 12.8 Å². The number of likely N-dealkylation sites (tertiary alicyclic amines) is 1. The molecule has 3 aromatic rings. The van der Waals surface area contributed by atoms with E-state index in [1.165, 1.54) is 4.90 Å². The van der Waals surface area contributed by atoms with E-state index in [1.807, 2.05) is 66.7 Å². The van der Waals surface area contributed by atoms with Crippen molar-refractivity contribution in [3.8, 4) is 11.1 Å². The Kier molecular flexibility index (Phi) is 7.89. The number of carbonyl (C=O) groups is 3. The van der Waals surface area contributed by atoms with Gasteiger partial charge in [0.25, 0.3) is 0 Å². The highest BCUT2D eigenvalue weighted by atomic mass is 16.5. The maximum atomic E-state index is 13.8. The van der Waals surface area contributed by atoms with Crippen LogP contribution in [0.4, 0.5) is 4.79 Å². The highest BCUT2D eigenvalue weighted by molar-refractivity contribution is 5.92. The van der Waals surface area contributed by atoms with Crippen LogP contribution < -0.4 is 5.32 Å². The Morgan fingerprint density at radius 1 is 0.975 bits per heavy atom. The summed E-state index contributed by atoms with van der Waals surface area (Å²) in [5.74, 6) is -1.71. The van der Waals surface area contributed by atoms with E-state index >= 15 is 0 Å². The summed E-state index contributed by atoms with van der Waals surface area (Å²) in [5.41, 5.74) is 3.96. The molecule has 0 aromatic heterocycles. The molecule has 2 N–H and O–H groups in total. The highest BCUT2D eigenvalue weighted by Crippen LogP contribution is 2.44. The third kappa shape index (κ3) is 5.31. The van der Waals surface area contributed by atoms with Gasteiger partial charge in [0.2, 0.25) is 5.91 Å². The summed E-state index contributed by atoms with van der Waals surface area (Å²) >= 11 is 0. The predicted octanol–water partition coefficient (Wildman–Crippen LogP) is 4.96. The van der Waals surface area contributed by atoms with Crippen molar-refractivity contribution >= 4 is 18.0 Å². The molecule has 3 atom stereocenters. The first kappa shape index (κ1) is 27.4. The van der Waals surface area contributed by atoms with Gasteiger partial charge < -0.3 is 24.8 Å². The fourth-order valence-corrected chi connectivity index (χ4v) is 5.75. The molecular weight excluding hydrogens is 508 g/mol. The number of benzene rings is 3. The van der Waals surface area contributed by atoms with Crippen molar-refractivity contribution in [3.05, 3.63) is 95.6 Å². The van der Waals surface area contributed by atoms with Crippen LogP contribution in [0.2, 0.25) is 0 Å². The van der Waals surface area contributed by atoms with Crippen molar-refractivity contribution in [2.45, 2.75) is 56.9 Å². The van der Waals surface area contributed by atoms with Gasteiger partial charge in [-0.15, -0.1) is 0 Å². The first-order valence-corrected chi connectivity index (χ1v) is 13.6. The number of carboxylic acids is 1. The van der Waals surface area contributed by atoms with Gasteiger partial charge in [-0.25, -0.2) is 9.59 Å². The van der Waals surface area contributed by atoms with Crippen LogP contribution >= 0.6 is 0 Å². The summed E-state index contributed by atoms with van der Waals surface area (Å²) in [5, 5.41) is 12.6. The molecule has 1 heterocycles. The zero-order valence-electron chi connectivity index (χ0n) is 22.7. The molecular formula is C32H34N2O6. The largest absolute Gasteiger partial charge is 0.480 e. The molecule has 8 heteroatoms. The number of ether oxygens (including phenoxy) is 2. The van der Waals surface area contributed by atoms with Gasteiger partial charge in [0.05, 0.1) is 12.7 Å². The van der Waals surface area contributed by atoms with Crippen molar-refractivity contribution in [3.63, 3.8) is 0 Å². The summed E-state index contributed by atoms with van der Waals surface area (Å²) in [6.07, 6.45) is -0.602. The fraction of sp³-hybridized carbons (Fsp3) is 0.344. The molecule has 0 spiro atoms. The monoisotopic (exact) mass is 542 g/mol. The predicted molar refractivity (Wildman–Crippen MR) is 150 cm³/mol. The Hall–Kier alpha value is -4.17. The van der Waals surface area contributed by atoms with Gasteiger partial charge in [-0.05, 0) is 54.5 Å². The average molecular weight is 543 g/mol. The van der Waals surface area contributed by atoms with Gasteiger partial charge in [0.15, 0.2) is 0 Å².